The summed E-state index contributed by atoms with van der Waals surface area (Å²) in [7, 11) is 0. The maximum Gasteiger partial charge on any atom is 0.252 e. The fourth-order valence-electron chi connectivity index (χ4n) is 2.92. The molecule has 4 aromatic rings. The number of primary amides is 1. The van der Waals surface area contributed by atoms with Crippen molar-refractivity contribution < 1.29 is 4.79 Å². The first-order valence-electron chi connectivity index (χ1n) is 8.39. The highest BCUT2D eigenvalue weighted by Gasteiger charge is 2.18. The van der Waals surface area contributed by atoms with E-state index in [0.717, 1.165) is 5.56 Å². The lowest BCUT2D eigenvalue weighted by Crippen LogP contribution is -2.12. The average molecular weight is 359 g/mol. The zero-order chi connectivity index (χ0) is 18.8. The Balaban J connectivity index is 1.71. The molecule has 0 unspecified atom stereocenters. The molecule has 27 heavy (non-hydrogen) atoms. The van der Waals surface area contributed by atoms with Crippen LogP contribution in [0.4, 0.5) is 5.82 Å². The number of nitrogens with zero attached hydrogens (tertiary/aromatic N) is 5. The molecule has 0 fully saturated rings. The van der Waals surface area contributed by atoms with Crippen LogP contribution in [0.1, 0.15) is 21.6 Å². The number of pyridine rings is 1. The molecule has 0 saturated heterocycles. The molecule has 0 bridgehead atoms. The van der Waals surface area contributed by atoms with Gasteiger partial charge >= 0.3 is 0 Å². The zero-order valence-corrected chi connectivity index (χ0v) is 14.6. The van der Waals surface area contributed by atoms with Crippen LogP contribution < -0.4 is 11.1 Å². The molecule has 0 radical (unpaired) electrons. The number of aromatic nitrogens is 5. The molecular formula is C19H17N7O. The van der Waals surface area contributed by atoms with Crippen molar-refractivity contribution in [3.63, 3.8) is 0 Å². The number of aryl methyl sites for hydroxylation is 1. The number of rotatable bonds is 5. The fraction of sp³-hybridized carbons (Fsp3) is 0.105. The van der Waals surface area contributed by atoms with E-state index in [0.29, 0.717) is 40.8 Å². The standard InChI is InChI=1S/C19H17N7O/c1-12-16(26-9-5-8-14(17(20)27)19(26)23-12)18-24-15(11-22-25-18)21-10-13-6-3-2-4-7-13/h2-9,11H,10H2,1H3,(H2,20,27)(H,21,24,25). The Morgan fingerprint density at radius 3 is 2.74 bits per heavy atom. The highest BCUT2D eigenvalue weighted by molar-refractivity contribution is 5.99. The molecule has 3 heterocycles. The quantitative estimate of drug-likeness (QED) is 0.565. The summed E-state index contributed by atoms with van der Waals surface area (Å²) in [6, 6.07) is 13.4. The minimum atomic E-state index is -0.533. The molecule has 134 valence electrons. The summed E-state index contributed by atoms with van der Waals surface area (Å²) in [5.41, 5.74) is 8.76. The van der Waals surface area contributed by atoms with Crippen LogP contribution in [0, 0.1) is 6.92 Å². The predicted molar refractivity (Wildman–Crippen MR) is 101 cm³/mol. The summed E-state index contributed by atoms with van der Waals surface area (Å²) in [5, 5.41) is 11.4. The van der Waals surface area contributed by atoms with Crippen LogP contribution in [0.3, 0.4) is 0 Å². The molecule has 0 atom stereocenters. The van der Waals surface area contributed by atoms with Crippen LogP contribution in [-0.2, 0) is 6.54 Å². The molecular weight excluding hydrogens is 342 g/mol. The summed E-state index contributed by atoms with van der Waals surface area (Å²) in [6.45, 7) is 2.46. The van der Waals surface area contributed by atoms with Gasteiger partial charge in [0, 0.05) is 12.7 Å². The Kier molecular flexibility index (Phi) is 4.21. The molecule has 0 aliphatic heterocycles. The fourth-order valence-corrected chi connectivity index (χ4v) is 2.92. The highest BCUT2D eigenvalue weighted by atomic mass is 16.1. The number of amides is 1. The van der Waals surface area contributed by atoms with Gasteiger partial charge in [0.15, 0.2) is 0 Å². The number of imidazole rings is 1. The number of fused-ring (bicyclic) bond motifs is 1. The van der Waals surface area contributed by atoms with Crippen molar-refractivity contribution in [1.82, 2.24) is 24.6 Å². The molecule has 3 aromatic heterocycles. The highest BCUT2D eigenvalue weighted by Crippen LogP contribution is 2.23. The van der Waals surface area contributed by atoms with Gasteiger partial charge < -0.3 is 11.1 Å². The van der Waals surface area contributed by atoms with Crippen molar-refractivity contribution >= 4 is 17.4 Å². The number of carbonyl (C=O) groups is 1. The number of nitrogens with two attached hydrogens (primary N) is 1. The van der Waals surface area contributed by atoms with Gasteiger partial charge in [-0.1, -0.05) is 30.3 Å². The van der Waals surface area contributed by atoms with E-state index in [2.05, 4.69) is 25.5 Å². The van der Waals surface area contributed by atoms with Crippen LogP contribution in [0.15, 0.2) is 54.9 Å². The van der Waals surface area contributed by atoms with Crippen molar-refractivity contribution in [2.75, 3.05) is 5.32 Å². The number of anilines is 1. The Hall–Kier alpha value is -3.81. The predicted octanol–water partition coefficient (Wildman–Crippen LogP) is 2.21. The van der Waals surface area contributed by atoms with Gasteiger partial charge in [0.25, 0.3) is 5.91 Å². The van der Waals surface area contributed by atoms with E-state index in [9.17, 15) is 4.79 Å². The van der Waals surface area contributed by atoms with Crippen LogP contribution in [0.5, 0.6) is 0 Å². The zero-order valence-electron chi connectivity index (χ0n) is 14.6. The molecule has 0 aliphatic carbocycles. The van der Waals surface area contributed by atoms with E-state index >= 15 is 0 Å². The third kappa shape index (κ3) is 3.20. The lowest BCUT2D eigenvalue weighted by Gasteiger charge is -2.07. The molecule has 3 N–H and O–H groups in total. The van der Waals surface area contributed by atoms with Crippen molar-refractivity contribution in [2.24, 2.45) is 5.73 Å². The maximum absolute atomic E-state index is 11.7. The number of hydrogen-bond acceptors (Lipinski definition) is 6. The van der Waals surface area contributed by atoms with Gasteiger partial charge in [0.2, 0.25) is 5.82 Å². The molecule has 0 saturated carbocycles. The molecule has 0 spiro atoms. The molecule has 8 heteroatoms. The van der Waals surface area contributed by atoms with Gasteiger partial charge in [0.1, 0.15) is 17.2 Å². The minimum absolute atomic E-state index is 0.346. The summed E-state index contributed by atoms with van der Waals surface area (Å²) in [6.07, 6.45) is 3.37. The first-order valence-corrected chi connectivity index (χ1v) is 8.39. The third-order valence-electron chi connectivity index (χ3n) is 4.18. The summed E-state index contributed by atoms with van der Waals surface area (Å²) in [4.78, 5) is 20.7. The molecule has 0 aliphatic rings. The largest absolute Gasteiger partial charge is 0.365 e. The normalized spacial score (nSPS) is 10.9. The lowest BCUT2D eigenvalue weighted by molar-refractivity contribution is 0.100. The second kappa shape index (κ2) is 6.83. The maximum atomic E-state index is 11.7. The van der Waals surface area contributed by atoms with Gasteiger partial charge in [-0.15, -0.1) is 5.10 Å². The molecule has 4 rings (SSSR count). The lowest BCUT2D eigenvalue weighted by atomic mass is 10.2. The average Bonchev–Trinajstić information content (AvgIpc) is 3.03. The Bertz CT molecular complexity index is 1120. The smallest absolute Gasteiger partial charge is 0.252 e. The second-order valence-corrected chi connectivity index (χ2v) is 6.03. The van der Waals surface area contributed by atoms with Crippen LogP contribution in [0.2, 0.25) is 0 Å². The van der Waals surface area contributed by atoms with Crippen molar-refractivity contribution in [2.45, 2.75) is 13.5 Å². The first kappa shape index (κ1) is 16.6. The van der Waals surface area contributed by atoms with Crippen LogP contribution in [-0.4, -0.2) is 30.5 Å². The third-order valence-corrected chi connectivity index (χ3v) is 4.18. The topological polar surface area (TPSA) is 111 Å². The van der Waals surface area contributed by atoms with E-state index < -0.39 is 5.91 Å². The molecule has 8 nitrogen and oxygen atoms in total. The van der Waals surface area contributed by atoms with E-state index in [4.69, 9.17) is 5.73 Å². The Morgan fingerprint density at radius 2 is 1.96 bits per heavy atom. The summed E-state index contributed by atoms with van der Waals surface area (Å²) < 4.78 is 1.76. The minimum Gasteiger partial charge on any atom is -0.365 e. The van der Waals surface area contributed by atoms with Crippen LogP contribution in [0.25, 0.3) is 17.2 Å². The van der Waals surface area contributed by atoms with Gasteiger partial charge in [-0.2, -0.15) is 5.10 Å². The molecule has 1 amide bonds. The summed E-state index contributed by atoms with van der Waals surface area (Å²) >= 11 is 0. The Labute approximate surface area is 155 Å². The number of benzene rings is 1. The number of nitrogens with one attached hydrogen (secondary N) is 1. The van der Waals surface area contributed by atoms with Gasteiger partial charge in [-0.25, -0.2) is 9.97 Å². The monoisotopic (exact) mass is 359 g/mol. The van der Waals surface area contributed by atoms with Gasteiger partial charge in [-0.3, -0.25) is 9.20 Å². The molecule has 1 aromatic carbocycles. The number of hydrogen-bond donors (Lipinski definition) is 2. The van der Waals surface area contributed by atoms with Crippen molar-refractivity contribution in [1.29, 1.82) is 0 Å². The van der Waals surface area contributed by atoms with Crippen molar-refractivity contribution in [3.8, 4) is 11.5 Å². The SMILES string of the molecule is Cc1nc2c(C(N)=O)cccn2c1-c1nncc(NCc2ccccc2)n1. The van der Waals surface area contributed by atoms with Crippen molar-refractivity contribution in [3.05, 3.63) is 71.7 Å². The van der Waals surface area contributed by atoms with E-state index in [1.165, 1.54) is 0 Å². The van der Waals surface area contributed by atoms with Crippen LogP contribution >= 0.6 is 0 Å². The van der Waals surface area contributed by atoms with Gasteiger partial charge in [-0.05, 0) is 24.6 Å². The van der Waals surface area contributed by atoms with E-state index in [1.807, 2.05) is 37.3 Å². The Morgan fingerprint density at radius 1 is 1.15 bits per heavy atom. The van der Waals surface area contributed by atoms with Gasteiger partial charge in [0.05, 0.1) is 17.5 Å². The van der Waals surface area contributed by atoms with E-state index in [-0.39, 0.29) is 0 Å². The number of carbonyl (C=O) groups excluding carboxylic acids is 1. The first-order chi connectivity index (χ1) is 13.1. The van der Waals surface area contributed by atoms with E-state index in [1.54, 1.807) is 28.9 Å². The summed E-state index contributed by atoms with van der Waals surface area (Å²) in [5.74, 6) is 0.485. The second-order valence-electron chi connectivity index (χ2n) is 6.03.